The molecule has 2 heterocycles. The van der Waals surface area contributed by atoms with Crippen molar-refractivity contribution < 1.29 is 18.1 Å². The molecule has 102 valence electrons. The molecule has 0 aliphatic heterocycles. The summed E-state index contributed by atoms with van der Waals surface area (Å²) < 4.78 is 33.9. The van der Waals surface area contributed by atoms with E-state index in [1.54, 1.807) is 26.7 Å². The number of aryl methyl sites for hydroxylation is 2. The van der Waals surface area contributed by atoms with Gasteiger partial charge in [-0.15, -0.1) is 9.36 Å². The highest BCUT2D eigenvalue weighted by molar-refractivity contribution is 5.45. The highest BCUT2D eigenvalue weighted by Crippen LogP contribution is 2.20. The Balaban J connectivity index is 2.17. The summed E-state index contributed by atoms with van der Waals surface area (Å²) >= 11 is 0. The van der Waals surface area contributed by atoms with Crippen LogP contribution in [-0.2, 0) is 14.1 Å². The molecule has 0 unspecified atom stereocenters. The van der Waals surface area contributed by atoms with Gasteiger partial charge in [-0.25, -0.2) is 8.78 Å². The summed E-state index contributed by atoms with van der Waals surface area (Å²) in [6.45, 7) is 0. The maximum Gasteiger partial charge on any atom is 0.270 e. The van der Waals surface area contributed by atoms with Gasteiger partial charge < -0.3 is 0 Å². The molecule has 1 aromatic carbocycles. The van der Waals surface area contributed by atoms with Gasteiger partial charge in [0.05, 0.1) is 0 Å². The van der Waals surface area contributed by atoms with E-state index in [4.69, 9.17) is 0 Å². The second-order valence-electron chi connectivity index (χ2n) is 4.41. The van der Waals surface area contributed by atoms with Gasteiger partial charge in [-0.05, 0) is 10.2 Å². The second-order valence-corrected chi connectivity index (χ2v) is 4.41. The number of benzene rings is 1. The molecule has 0 bridgehead atoms. The quantitative estimate of drug-likeness (QED) is 0.619. The largest absolute Gasteiger partial charge is 0.270 e. The Kier molecular flexibility index (Phi) is 2.78. The maximum atomic E-state index is 13.9. The van der Waals surface area contributed by atoms with E-state index in [1.807, 2.05) is 0 Å². The van der Waals surface area contributed by atoms with Crippen molar-refractivity contribution in [1.82, 2.24) is 19.3 Å². The molecule has 0 aliphatic carbocycles. The number of halogens is 2. The summed E-state index contributed by atoms with van der Waals surface area (Å²) in [6, 6.07) is 2.26. The van der Waals surface area contributed by atoms with E-state index < -0.39 is 11.6 Å². The molecular formula is C12H12F2N6+2. The predicted molar refractivity (Wildman–Crippen MR) is 63.0 cm³/mol. The third-order valence-electron chi connectivity index (χ3n) is 2.87. The van der Waals surface area contributed by atoms with Crippen molar-refractivity contribution in [3.05, 3.63) is 49.1 Å². The monoisotopic (exact) mass is 278 g/mol. The number of hydrogen-bond acceptors (Lipinski definition) is 2. The van der Waals surface area contributed by atoms with Crippen molar-refractivity contribution in [3.63, 3.8) is 0 Å². The molecule has 20 heavy (non-hydrogen) atoms. The molecule has 3 rings (SSSR count). The molecule has 0 fully saturated rings. The number of aromatic nitrogens is 6. The van der Waals surface area contributed by atoms with Crippen molar-refractivity contribution in [3.8, 4) is 11.4 Å². The van der Waals surface area contributed by atoms with E-state index in [2.05, 4.69) is 10.2 Å². The topological polar surface area (TPSA) is 43.4 Å². The van der Waals surface area contributed by atoms with Crippen molar-refractivity contribution in [2.24, 2.45) is 14.1 Å². The average Bonchev–Trinajstić information content (AvgIpc) is 2.99. The smallest absolute Gasteiger partial charge is 0.202 e. The Hall–Kier alpha value is -2.64. The number of hydrogen-bond donors (Lipinski definition) is 0. The first-order valence-corrected chi connectivity index (χ1v) is 5.84. The molecule has 8 heteroatoms. The summed E-state index contributed by atoms with van der Waals surface area (Å²) in [7, 11) is 3.43. The third-order valence-corrected chi connectivity index (χ3v) is 2.87. The number of nitrogens with zero attached hydrogens (tertiary/aromatic N) is 6. The van der Waals surface area contributed by atoms with Crippen LogP contribution in [0.4, 0.5) is 8.78 Å². The predicted octanol–water partition coefficient (Wildman–Crippen LogP) is -0.0148. The summed E-state index contributed by atoms with van der Waals surface area (Å²) in [4.78, 5) is 0. The Morgan fingerprint density at radius 3 is 1.65 bits per heavy atom. The van der Waals surface area contributed by atoms with E-state index in [1.165, 1.54) is 37.2 Å². The van der Waals surface area contributed by atoms with Gasteiger partial charge in [-0.3, -0.25) is 0 Å². The maximum absolute atomic E-state index is 13.9. The average molecular weight is 278 g/mol. The Bertz CT molecular complexity index is 715. The third kappa shape index (κ3) is 2.04. The zero-order valence-electron chi connectivity index (χ0n) is 10.9. The highest BCUT2D eigenvalue weighted by Gasteiger charge is 2.20. The van der Waals surface area contributed by atoms with Crippen molar-refractivity contribution in [1.29, 1.82) is 0 Å². The lowest BCUT2D eigenvalue weighted by atomic mass is 10.2. The summed E-state index contributed by atoms with van der Waals surface area (Å²) in [5.41, 5.74) is 0.428. The molecule has 0 amide bonds. The van der Waals surface area contributed by atoms with E-state index in [9.17, 15) is 8.78 Å². The van der Waals surface area contributed by atoms with Crippen LogP contribution in [0, 0.1) is 11.6 Å². The summed E-state index contributed by atoms with van der Waals surface area (Å²) in [5.74, 6) is -1.32. The minimum atomic E-state index is -0.659. The van der Waals surface area contributed by atoms with Gasteiger partial charge in [-0.1, -0.05) is 0 Å². The normalized spacial score (nSPS) is 11.0. The fourth-order valence-corrected chi connectivity index (χ4v) is 1.92. The molecule has 0 spiro atoms. The van der Waals surface area contributed by atoms with Crippen LogP contribution >= 0.6 is 0 Å². The molecule has 0 saturated carbocycles. The molecule has 0 saturated heterocycles. The van der Waals surface area contributed by atoms with Crippen LogP contribution in [0.5, 0.6) is 0 Å². The van der Waals surface area contributed by atoms with Crippen LogP contribution in [0.2, 0.25) is 0 Å². The van der Waals surface area contributed by atoms with Crippen LogP contribution in [0.3, 0.4) is 0 Å². The lowest BCUT2D eigenvalue weighted by Crippen LogP contribution is -2.28. The fourth-order valence-electron chi connectivity index (χ4n) is 1.92. The first-order valence-electron chi connectivity index (χ1n) is 5.84. The molecule has 0 aliphatic rings. The van der Waals surface area contributed by atoms with Gasteiger partial charge in [-0.2, -0.15) is 9.13 Å². The SMILES string of the molecule is C[n+]1cn(-c2cc(-n3cn[n+](C)c3)c(F)cc2F)cn1. The minimum absolute atomic E-state index is 0.214. The van der Waals surface area contributed by atoms with Gasteiger partial charge in [0.2, 0.25) is 12.7 Å². The van der Waals surface area contributed by atoms with Crippen LogP contribution in [0.1, 0.15) is 0 Å². The summed E-state index contributed by atoms with van der Waals surface area (Å²) in [5, 5.41) is 7.92. The van der Waals surface area contributed by atoms with Crippen LogP contribution < -0.4 is 9.36 Å². The van der Waals surface area contributed by atoms with E-state index >= 15 is 0 Å². The standard InChI is InChI=1S/C12H12F2N6/c1-17-7-19(5-15-17)11-4-12(10(14)3-9(11)13)20-6-16-18(2)8-20/h3-8H,1-2H3/q+2. The highest BCUT2D eigenvalue weighted by atomic mass is 19.1. The molecule has 3 aromatic rings. The van der Waals surface area contributed by atoms with E-state index in [0.29, 0.717) is 0 Å². The van der Waals surface area contributed by atoms with Gasteiger partial charge in [0.25, 0.3) is 12.7 Å². The van der Waals surface area contributed by atoms with Gasteiger partial charge >= 0.3 is 0 Å². The lowest BCUT2D eigenvalue weighted by Gasteiger charge is -2.01. The van der Waals surface area contributed by atoms with E-state index in [-0.39, 0.29) is 11.4 Å². The van der Waals surface area contributed by atoms with Crippen molar-refractivity contribution >= 4 is 0 Å². The molecule has 0 atom stereocenters. The lowest BCUT2D eigenvalue weighted by molar-refractivity contribution is -0.728. The fraction of sp³-hybridized carbons (Fsp3) is 0.167. The van der Waals surface area contributed by atoms with Crippen molar-refractivity contribution in [2.45, 2.75) is 0 Å². The number of rotatable bonds is 2. The van der Waals surface area contributed by atoms with Gasteiger partial charge in [0.15, 0.2) is 23.0 Å². The molecule has 0 radical (unpaired) electrons. The van der Waals surface area contributed by atoms with E-state index in [0.717, 1.165) is 6.07 Å². The van der Waals surface area contributed by atoms with Crippen molar-refractivity contribution in [2.75, 3.05) is 0 Å². The zero-order chi connectivity index (χ0) is 14.3. The zero-order valence-corrected chi connectivity index (χ0v) is 10.9. The van der Waals surface area contributed by atoms with Gasteiger partial charge in [0, 0.05) is 12.1 Å². The second kappa shape index (κ2) is 4.48. The first kappa shape index (κ1) is 12.4. The Labute approximate surface area is 113 Å². The van der Waals surface area contributed by atoms with Gasteiger partial charge in [0.1, 0.15) is 14.1 Å². The van der Waals surface area contributed by atoms with Crippen LogP contribution in [0.25, 0.3) is 11.4 Å². The Morgan fingerprint density at radius 1 is 0.850 bits per heavy atom. The molecule has 6 nitrogen and oxygen atoms in total. The van der Waals surface area contributed by atoms with Crippen LogP contribution in [-0.4, -0.2) is 19.3 Å². The minimum Gasteiger partial charge on any atom is -0.202 e. The molecule has 2 aromatic heterocycles. The molecule has 0 N–H and O–H groups in total. The first-order chi connectivity index (χ1) is 9.54. The summed E-state index contributed by atoms with van der Waals surface area (Å²) in [6.07, 6.45) is 6.09. The Morgan fingerprint density at radius 2 is 1.30 bits per heavy atom. The molecular weight excluding hydrogens is 266 g/mol. The van der Waals surface area contributed by atoms with Crippen LogP contribution in [0.15, 0.2) is 37.4 Å².